The number of carbonyl (C=O) groups excluding carboxylic acids is 1. The standard InChI is InChI=1S/C20H20FN3O2/c21-17-3-5-18(6-4-17)23-11-13-24(14-12-23)20(25)15-26-19-7-1-16(2-8-19)9-10-22/h1-8H,9,11-15H2. The van der Waals surface area contributed by atoms with Gasteiger partial charge in [0.25, 0.3) is 5.91 Å². The molecule has 0 saturated carbocycles. The predicted octanol–water partition coefficient (Wildman–Crippen LogP) is 2.62. The van der Waals surface area contributed by atoms with Crippen LogP contribution >= 0.6 is 0 Å². The van der Waals surface area contributed by atoms with Crippen LogP contribution in [0.25, 0.3) is 0 Å². The molecule has 5 nitrogen and oxygen atoms in total. The third kappa shape index (κ3) is 4.51. The zero-order valence-electron chi connectivity index (χ0n) is 14.4. The van der Waals surface area contributed by atoms with E-state index in [1.807, 2.05) is 12.1 Å². The summed E-state index contributed by atoms with van der Waals surface area (Å²) < 4.78 is 18.6. The molecule has 0 N–H and O–H groups in total. The Morgan fingerprint density at radius 1 is 1.04 bits per heavy atom. The molecule has 2 aromatic carbocycles. The monoisotopic (exact) mass is 353 g/mol. The molecule has 1 heterocycles. The molecular weight excluding hydrogens is 333 g/mol. The highest BCUT2D eigenvalue weighted by molar-refractivity contribution is 5.78. The van der Waals surface area contributed by atoms with Crippen LogP contribution in [-0.2, 0) is 11.2 Å². The molecule has 0 atom stereocenters. The first kappa shape index (κ1) is 17.7. The van der Waals surface area contributed by atoms with Gasteiger partial charge in [-0.1, -0.05) is 12.1 Å². The Balaban J connectivity index is 1.46. The summed E-state index contributed by atoms with van der Waals surface area (Å²) in [5.41, 5.74) is 1.88. The number of benzene rings is 2. The molecule has 1 amide bonds. The molecule has 1 aliphatic heterocycles. The van der Waals surface area contributed by atoms with Crippen LogP contribution in [-0.4, -0.2) is 43.6 Å². The number of carbonyl (C=O) groups is 1. The van der Waals surface area contributed by atoms with Gasteiger partial charge in [-0.05, 0) is 42.0 Å². The molecule has 3 rings (SSSR count). The summed E-state index contributed by atoms with van der Waals surface area (Å²) in [6, 6.07) is 15.7. The van der Waals surface area contributed by atoms with Crippen LogP contribution in [0.15, 0.2) is 48.5 Å². The summed E-state index contributed by atoms with van der Waals surface area (Å²) in [5, 5.41) is 8.66. The van der Waals surface area contributed by atoms with Gasteiger partial charge in [0.1, 0.15) is 11.6 Å². The van der Waals surface area contributed by atoms with E-state index >= 15 is 0 Å². The number of rotatable bonds is 5. The number of nitriles is 1. The molecule has 26 heavy (non-hydrogen) atoms. The van der Waals surface area contributed by atoms with Crippen molar-refractivity contribution in [3.8, 4) is 11.8 Å². The van der Waals surface area contributed by atoms with Crippen LogP contribution in [0, 0.1) is 17.1 Å². The number of ether oxygens (including phenoxy) is 1. The number of nitrogens with zero attached hydrogens (tertiary/aromatic N) is 3. The third-order valence-corrected chi connectivity index (χ3v) is 4.39. The van der Waals surface area contributed by atoms with Crippen molar-refractivity contribution >= 4 is 11.6 Å². The molecule has 0 spiro atoms. The molecule has 1 saturated heterocycles. The van der Waals surface area contributed by atoms with E-state index in [0.29, 0.717) is 38.3 Å². The number of anilines is 1. The van der Waals surface area contributed by atoms with Crippen molar-refractivity contribution < 1.29 is 13.9 Å². The summed E-state index contributed by atoms with van der Waals surface area (Å²) in [6.07, 6.45) is 0.359. The lowest BCUT2D eigenvalue weighted by Gasteiger charge is -2.36. The van der Waals surface area contributed by atoms with Crippen molar-refractivity contribution in [2.45, 2.75) is 6.42 Å². The Hall–Kier alpha value is -3.07. The minimum absolute atomic E-state index is 0.00581. The minimum atomic E-state index is -0.250. The summed E-state index contributed by atoms with van der Waals surface area (Å²) in [4.78, 5) is 16.2. The molecule has 6 heteroatoms. The number of piperazine rings is 1. The van der Waals surface area contributed by atoms with Gasteiger partial charge in [-0.2, -0.15) is 5.26 Å². The zero-order chi connectivity index (χ0) is 18.4. The first-order valence-electron chi connectivity index (χ1n) is 8.53. The van der Waals surface area contributed by atoms with Gasteiger partial charge < -0.3 is 14.5 Å². The van der Waals surface area contributed by atoms with E-state index in [-0.39, 0.29) is 18.3 Å². The Morgan fingerprint density at radius 3 is 2.31 bits per heavy atom. The molecule has 1 fully saturated rings. The molecule has 2 aromatic rings. The van der Waals surface area contributed by atoms with E-state index in [1.165, 1.54) is 12.1 Å². The van der Waals surface area contributed by atoms with Crippen molar-refractivity contribution in [3.05, 3.63) is 59.9 Å². The average Bonchev–Trinajstić information content (AvgIpc) is 2.68. The molecule has 1 aliphatic rings. The van der Waals surface area contributed by atoms with E-state index in [1.54, 1.807) is 29.2 Å². The molecular formula is C20H20FN3O2. The summed E-state index contributed by atoms with van der Waals surface area (Å²) >= 11 is 0. The molecule has 0 bridgehead atoms. The molecule has 0 aliphatic carbocycles. The van der Waals surface area contributed by atoms with Crippen LogP contribution in [0.5, 0.6) is 5.75 Å². The van der Waals surface area contributed by atoms with Gasteiger partial charge in [0, 0.05) is 31.9 Å². The van der Waals surface area contributed by atoms with Crippen LogP contribution in [0.2, 0.25) is 0 Å². The van der Waals surface area contributed by atoms with E-state index in [9.17, 15) is 9.18 Å². The van der Waals surface area contributed by atoms with E-state index < -0.39 is 0 Å². The second-order valence-corrected chi connectivity index (χ2v) is 6.11. The van der Waals surface area contributed by atoms with Crippen molar-refractivity contribution in [1.29, 1.82) is 5.26 Å². The quantitative estimate of drug-likeness (QED) is 0.829. The largest absolute Gasteiger partial charge is 0.484 e. The SMILES string of the molecule is N#CCc1ccc(OCC(=O)N2CCN(c3ccc(F)cc3)CC2)cc1. The highest BCUT2D eigenvalue weighted by Crippen LogP contribution is 2.17. The van der Waals surface area contributed by atoms with E-state index in [0.717, 1.165) is 11.3 Å². The highest BCUT2D eigenvalue weighted by atomic mass is 19.1. The van der Waals surface area contributed by atoms with Gasteiger partial charge in [-0.15, -0.1) is 0 Å². The Kier molecular flexibility index (Phi) is 5.69. The maximum absolute atomic E-state index is 13.0. The number of hydrogen-bond donors (Lipinski definition) is 0. The summed E-state index contributed by atoms with van der Waals surface area (Å²) in [7, 11) is 0. The van der Waals surface area contributed by atoms with Crippen molar-refractivity contribution in [2.75, 3.05) is 37.7 Å². The Labute approximate surface area is 152 Å². The van der Waals surface area contributed by atoms with Gasteiger partial charge in [0.15, 0.2) is 6.61 Å². The summed E-state index contributed by atoms with van der Waals surface area (Å²) in [6.45, 7) is 2.63. The van der Waals surface area contributed by atoms with Gasteiger partial charge >= 0.3 is 0 Å². The van der Waals surface area contributed by atoms with Gasteiger partial charge in [0.2, 0.25) is 0 Å². The molecule has 0 aromatic heterocycles. The van der Waals surface area contributed by atoms with E-state index in [4.69, 9.17) is 10.00 Å². The topological polar surface area (TPSA) is 56.6 Å². The van der Waals surface area contributed by atoms with Gasteiger partial charge in [0.05, 0.1) is 12.5 Å². The van der Waals surface area contributed by atoms with Crippen LogP contribution in [0.1, 0.15) is 5.56 Å². The molecule has 134 valence electrons. The van der Waals surface area contributed by atoms with Crippen LogP contribution < -0.4 is 9.64 Å². The van der Waals surface area contributed by atoms with Crippen LogP contribution in [0.3, 0.4) is 0 Å². The summed E-state index contributed by atoms with van der Waals surface area (Å²) in [5.74, 6) is 0.315. The molecule has 0 unspecified atom stereocenters. The first-order valence-corrected chi connectivity index (χ1v) is 8.53. The zero-order valence-corrected chi connectivity index (χ0v) is 14.4. The number of amides is 1. The lowest BCUT2D eigenvalue weighted by Crippen LogP contribution is -2.50. The number of hydrogen-bond acceptors (Lipinski definition) is 4. The smallest absolute Gasteiger partial charge is 0.260 e. The average molecular weight is 353 g/mol. The van der Waals surface area contributed by atoms with Crippen molar-refractivity contribution in [3.63, 3.8) is 0 Å². The fourth-order valence-corrected chi connectivity index (χ4v) is 2.90. The lowest BCUT2D eigenvalue weighted by atomic mass is 10.2. The Morgan fingerprint density at radius 2 is 1.69 bits per heavy atom. The maximum atomic E-state index is 13.0. The van der Waals surface area contributed by atoms with Crippen molar-refractivity contribution in [1.82, 2.24) is 4.90 Å². The van der Waals surface area contributed by atoms with Gasteiger partial charge in [-0.3, -0.25) is 4.79 Å². The third-order valence-electron chi connectivity index (χ3n) is 4.39. The number of halogens is 1. The minimum Gasteiger partial charge on any atom is -0.484 e. The van der Waals surface area contributed by atoms with E-state index in [2.05, 4.69) is 11.0 Å². The molecule has 0 radical (unpaired) electrons. The first-order chi connectivity index (χ1) is 12.7. The van der Waals surface area contributed by atoms with Gasteiger partial charge in [-0.25, -0.2) is 4.39 Å². The normalized spacial score (nSPS) is 14.0. The maximum Gasteiger partial charge on any atom is 0.260 e. The van der Waals surface area contributed by atoms with Crippen molar-refractivity contribution in [2.24, 2.45) is 0 Å². The lowest BCUT2D eigenvalue weighted by molar-refractivity contribution is -0.133. The second kappa shape index (κ2) is 8.34. The Bertz CT molecular complexity index is 776. The fourth-order valence-electron chi connectivity index (χ4n) is 2.90. The highest BCUT2D eigenvalue weighted by Gasteiger charge is 2.21. The van der Waals surface area contributed by atoms with Crippen LogP contribution in [0.4, 0.5) is 10.1 Å². The fraction of sp³-hybridized carbons (Fsp3) is 0.300. The second-order valence-electron chi connectivity index (χ2n) is 6.11. The predicted molar refractivity (Wildman–Crippen MR) is 96.4 cm³/mol.